The van der Waals surface area contributed by atoms with Gasteiger partial charge in [-0.05, 0) is 41.6 Å². The van der Waals surface area contributed by atoms with Crippen LogP contribution in [0.3, 0.4) is 0 Å². The van der Waals surface area contributed by atoms with Crippen LogP contribution in [-0.4, -0.2) is 28.3 Å². The zero-order chi connectivity index (χ0) is 18.0. The van der Waals surface area contributed by atoms with Crippen molar-refractivity contribution in [1.82, 2.24) is 4.90 Å². The van der Waals surface area contributed by atoms with Crippen molar-refractivity contribution in [2.45, 2.75) is 6.54 Å². The summed E-state index contributed by atoms with van der Waals surface area (Å²) >= 11 is 0.781. The number of imide groups is 1. The minimum atomic E-state index is -0.492. The molecule has 1 N–H and O–H groups in total. The second-order valence-corrected chi connectivity index (χ2v) is 6.28. The number of nitrogens with zero attached hydrogens (tertiary/aromatic N) is 1. The molecule has 2 aromatic carbocycles. The molecule has 3 rings (SSSR count). The van der Waals surface area contributed by atoms with E-state index in [-0.39, 0.29) is 22.8 Å². The Balaban J connectivity index is 1.83. The van der Waals surface area contributed by atoms with Crippen LogP contribution in [0.5, 0.6) is 11.5 Å². The molecule has 25 heavy (non-hydrogen) atoms. The van der Waals surface area contributed by atoms with E-state index in [4.69, 9.17) is 4.74 Å². The second kappa shape index (κ2) is 6.98. The molecule has 0 saturated carbocycles. The summed E-state index contributed by atoms with van der Waals surface area (Å²) in [7, 11) is 1.43. The summed E-state index contributed by atoms with van der Waals surface area (Å²) in [6.45, 7) is -0.122. The van der Waals surface area contributed by atoms with Crippen LogP contribution in [0.1, 0.15) is 11.1 Å². The summed E-state index contributed by atoms with van der Waals surface area (Å²) in [4.78, 5) is 25.8. The van der Waals surface area contributed by atoms with Gasteiger partial charge in [0, 0.05) is 5.56 Å². The van der Waals surface area contributed by atoms with Crippen molar-refractivity contribution in [2.75, 3.05) is 7.11 Å². The van der Waals surface area contributed by atoms with E-state index in [2.05, 4.69) is 0 Å². The Hall–Kier alpha value is -2.80. The van der Waals surface area contributed by atoms with Gasteiger partial charge in [-0.1, -0.05) is 24.3 Å². The van der Waals surface area contributed by atoms with Crippen molar-refractivity contribution in [3.8, 4) is 11.5 Å². The Bertz CT molecular complexity index is 881. The molecule has 0 radical (unpaired) electrons. The van der Waals surface area contributed by atoms with Crippen LogP contribution in [0.15, 0.2) is 47.4 Å². The number of halogens is 1. The number of aromatic hydroxyl groups is 1. The molecule has 128 valence electrons. The smallest absolute Gasteiger partial charge is 0.293 e. The van der Waals surface area contributed by atoms with E-state index in [1.807, 2.05) is 0 Å². The number of amides is 2. The van der Waals surface area contributed by atoms with Crippen LogP contribution in [0.4, 0.5) is 9.18 Å². The molecule has 2 aromatic rings. The van der Waals surface area contributed by atoms with E-state index < -0.39 is 17.0 Å². The van der Waals surface area contributed by atoms with Crippen LogP contribution in [0, 0.1) is 5.82 Å². The summed E-state index contributed by atoms with van der Waals surface area (Å²) in [5, 5.41) is 9.33. The van der Waals surface area contributed by atoms with E-state index in [0.29, 0.717) is 11.3 Å². The quantitative estimate of drug-likeness (QED) is 0.842. The van der Waals surface area contributed by atoms with Crippen molar-refractivity contribution in [1.29, 1.82) is 0 Å². The highest BCUT2D eigenvalue weighted by Crippen LogP contribution is 2.35. The lowest BCUT2D eigenvalue weighted by molar-refractivity contribution is -0.123. The van der Waals surface area contributed by atoms with E-state index >= 15 is 0 Å². The van der Waals surface area contributed by atoms with Crippen molar-refractivity contribution in [3.63, 3.8) is 0 Å². The number of ether oxygens (including phenoxy) is 1. The Morgan fingerprint density at radius 2 is 2.00 bits per heavy atom. The van der Waals surface area contributed by atoms with E-state index in [1.54, 1.807) is 24.3 Å². The molecule has 1 fully saturated rings. The number of hydrogen-bond donors (Lipinski definition) is 1. The summed E-state index contributed by atoms with van der Waals surface area (Å²) in [5.74, 6) is -0.717. The molecule has 0 aliphatic carbocycles. The number of thioether (sulfide) groups is 1. The lowest BCUT2D eigenvalue weighted by atomic mass is 10.1. The molecule has 1 aliphatic heterocycles. The normalized spacial score (nSPS) is 15.9. The van der Waals surface area contributed by atoms with Gasteiger partial charge in [-0.15, -0.1) is 0 Å². The van der Waals surface area contributed by atoms with Crippen molar-refractivity contribution in [3.05, 3.63) is 64.3 Å². The van der Waals surface area contributed by atoms with Crippen LogP contribution in [0.25, 0.3) is 6.08 Å². The average molecular weight is 359 g/mol. The molecule has 1 aliphatic rings. The number of benzene rings is 2. The fourth-order valence-corrected chi connectivity index (χ4v) is 3.22. The lowest BCUT2D eigenvalue weighted by Crippen LogP contribution is -2.27. The fraction of sp³-hybridized carbons (Fsp3) is 0.111. The molecule has 1 saturated heterocycles. The number of phenolic OH excluding ortho intramolecular Hbond substituents is 1. The molecule has 0 unspecified atom stereocenters. The van der Waals surface area contributed by atoms with Gasteiger partial charge in [-0.25, -0.2) is 4.39 Å². The Morgan fingerprint density at radius 3 is 2.68 bits per heavy atom. The van der Waals surface area contributed by atoms with Gasteiger partial charge >= 0.3 is 0 Å². The molecule has 7 heteroatoms. The Kier molecular flexibility index (Phi) is 4.76. The highest BCUT2D eigenvalue weighted by Gasteiger charge is 2.35. The summed E-state index contributed by atoms with van der Waals surface area (Å²) in [5.41, 5.74) is 0.822. The largest absolute Gasteiger partial charge is 0.504 e. The molecule has 0 spiro atoms. The summed E-state index contributed by atoms with van der Waals surface area (Å²) in [6.07, 6.45) is 1.51. The number of carbonyl (C=O) groups is 2. The third kappa shape index (κ3) is 3.51. The molecule has 5 nitrogen and oxygen atoms in total. The summed E-state index contributed by atoms with van der Waals surface area (Å²) in [6, 6.07) is 10.7. The molecule has 0 atom stereocenters. The Morgan fingerprint density at radius 1 is 1.24 bits per heavy atom. The SMILES string of the molecule is COc1ccc(/C=C2/SC(=O)N(Cc3ccccc3F)C2=O)cc1O. The zero-order valence-electron chi connectivity index (χ0n) is 13.2. The lowest BCUT2D eigenvalue weighted by Gasteiger charge is -2.12. The van der Waals surface area contributed by atoms with Gasteiger partial charge in [0.15, 0.2) is 11.5 Å². The van der Waals surface area contributed by atoms with E-state index in [1.165, 1.54) is 31.4 Å². The minimum Gasteiger partial charge on any atom is -0.504 e. The number of hydrogen-bond acceptors (Lipinski definition) is 5. The van der Waals surface area contributed by atoms with Crippen molar-refractivity contribution >= 4 is 29.0 Å². The third-order valence-corrected chi connectivity index (χ3v) is 4.57. The molecule has 2 amide bonds. The number of rotatable bonds is 4. The predicted molar refractivity (Wildman–Crippen MR) is 92.6 cm³/mol. The average Bonchev–Trinajstić information content (AvgIpc) is 2.84. The number of phenols is 1. The van der Waals surface area contributed by atoms with Gasteiger partial charge in [-0.3, -0.25) is 14.5 Å². The van der Waals surface area contributed by atoms with Gasteiger partial charge < -0.3 is 9.84 Å². The van der Waals surface area contributed by atoms with Crippen molar-refractivity contribution in [2.24, 2.45) is 0 Å². The highest BCUT2D eigenvalue weighted by atomic mass is 32.2. The highest BCUT2D eigenvalue weighted by molar-refractivity contribution is 8.18. The monoisotopic (exact) mass is 359 g/mol. The topological polar surface area (TPSA) is 66.8 Å². The maximum absolute atomic E-state index is 13.7. The van der Waals surface area contributed by atoms with Gasteiger partial charge in [0.25, 0.3) is 11.1 Å². The zero-order valence-corrected chi connectivity index (χ0v) is 14.0. The molecule has 1 heterocycles. The van der Waals surface area contributed by atoms with Gasteiger partial charge in [0.2, 0.25) is 0 Å². The maximum atomic E-state index is 13.7. The maximum Gasteiger partial charge on any atom is 0.293 e. The standard InChI is InChI=1S/C18H14FNO4S/c1-24-15-7-6-11(8-14(15)21)9-16-17(22)20(18(23)25-16)10-12-4-2-3-5-13(12)19/h2-9,21H,10H2,1H3/b16-9+. The Labute approximate surface area is 147 Å². The number of methoxy groups -OCH3 is 1. The first-order chi connectivity index (χ1) is 12.0. The first-order valence-electron chi connectivity index (χ1n) is 7.35. The molecular weight excluding hydrogens is 345 g/mol. The van der Waals surface area contributed by atoms with Crippen LogP contribution in [0.2, 0.25) is 0 Å². The van der Waals surface area contributed by atoms with Gasteiger partial charge in [0.1, 0.15) is 5.82 Å². The van der Waals surface area contributed by atoms with Crippen molar-refractivity contribution < 1.29 is 23.8 Å². The first kappa shape index (κ1) is 17.0. The van der Waals surface area contributed by atoms with Crippen LogP contribution < -0.4 is 4.74 Å². The predicted octanol–water partition coefficient (Wildman–Crippen LogP) is 3.78. The van der Waals surface area contributed by atoms with Crippen LogP contribution >= 0.6 is 11.8 Å². The first-order valence-corrected chi connectivity index (χ1v) is 8.17. The second-order valence-electron chi connectivity index (χ2n) is 5.29. The van der Waals surface area contributed by atoms with E-state index in [9.17, 15) is 19.1 Å². The molecule has 0 bridgehead atoms. The van der Waals surface area contributed by atoms with Gasteiger partial charge in [0.05, 0.1) is 18.6 Å². The summed E-state index contributed by atoms with van der Waals surface area (Å²) < 4.78 is 18.7. The van der Waals surface area contributed by atoms with E-state index in [0.717, 1.165) is 16.7 Å². The minimum absolute atomic E-state index is 0.0677. The third-order valence-electron chi connectivity index (χ3n) is 3.66. The fourth-order valence-electron chi connectivity index (χ4n) is 2.38. The van der Waals surface area contributed by atoms with Gasteiger partial charge in [-0.2, -0.15) is 0 Å². The van der Waals surface area contributed by atoms with Crippen LogP contribution in [-0.2, 0) is 11.3 Å². The number of carbonyl (C=O) groups excluding carboxylic acids is 2. The molecular formula is C18H14FNO4S. The molecule has 0 aromatic heterocycles.